The molecule has 0 spiro atoms. The summed E-state index contributed by atoms with van der Waals surface area (Å²) >= 11 is 0. The van der Waals surface area contributed by atoms with E-state index in [0.29, 0.717) is 13.1 Å². The molecule has 1 N–H and O–H groups in total. The lowest BCUT2D eigenvalue weighted by atomic mass is 10.2. The topological polar surface area (TPSA) is 49.4 Å². The fraction of sp³-hybridized carbons (Fsp3) is 0.538. The Morgan fingerprint density at radius 2 is 2.06 bits per heavy atom. The predicted octanol–water partition coefficient (Wildman–Crippen LogP) is 1.20. The highest BCUT2D eigenvalue weighted by Gasteiger charge is 2.32. The number of hydrogen-bond acceptors (Lipinski definition) is 3. The van der Waals surface area contributed by atoms with Crippen molar-refractivity contribution in [3.63, 3.8) is 0 Å². The summed E-state index contributed by atoms with van der Waals surface area (Å²) in [6.45, 7) is 4.60. The van der Waals surface area contributed by atoms with Crippen LogP contribution < -0.4 is 4.72 Å². The van der Waals surface area contributed by atoms with Gasteiger partial charge in [0.1, 0.15) is 0 Å². The van der Waals surface area contributed by atoms with E-state index in [4.69, 9.17) is 0 Å². The largest absolute Gasteiger partial charge is 0.298 e. The molecule has 100 valence electrons. The number of sulfonamides is 1. The number of benzene rings is 1. The lowest BCUT2D eigenvalue weighted by Gasteiger charge is -2.16. The van der Waals surface area contributed by atoms with Crippen molar-refractivity contribution in [1.29, 1.82) is 0 Å². The van der Waals surface area contributed by atoms with Crippen molar-refractivity contribution in [3.05, 3.63) is 35.9 Å². The van der Waals surface area contributed by atoms with Crippen LogP contribution in [0.3, 0.4) is 0 Å². The van der Waals surface area contributed by atoms with E-state index in [1.54, 1.807) is 0 Å². The molecule has 0 aromatic heterocycles. The van der Waals surface area contributed by atoms with Gasteiger partial charge in [-0.25, -0.2) is 13.1 Å². The second-order valence-corrected chi connectivity index (χ2v) is 6.72. The maximum Gasteiger partial charge on any atom is 0.215 e. The zero-order valence-corrected chi connectivity index (χ0v) is 11.5. The summed E-state index contributed by atoms with van der Waals surface area (Å²) in [5, 5.41) is -0.263. The molecule has 2 rings (SSSR count). The van der Waals surface area contributed by atoms with Crippen molar-refractivity contribution in [2.75, 3.05) is 19.6 Å². The molecule has 1 fully saturated rings. The highest BCUT2D eigenvalue weighted by molar-refractivity contribution is 7.90. The van der Waals surface area contributed by atoms with Crippen molar-refractivity contribution in [2.45, 2.75) is 25.1 Å². The minimum absolute atomic E-state index is 0.263. The molecule has 1 aliphatic heterocycles. The van der Waals surface area contributed by atoms with Crippen molar-refractivity contribution in [2.24, 2.45) is 0 Å². The van der Waals surface area contributed by atoms with Crippen molar-refractivity contribution < 1.29 is 8.42 Å². The van der Waals surface area contributed by atoms with E-state index >= 15 is 0 Å². The maximum absolute atomic E-state index is 11.9. The molecule has 0 amide bonds. The Balaban J connectivity index is 1.93. The Bertz CT molecular complexity index is 473. The fourth-order valence-corrected chi connectivity index (χ4v) is 3.82. The van der Waals surface area contributed by atoms with E-state index in [2.05, 4.69) is 21.8 Å². The van der Waals surface area contributed by atoms with E-state index in [9.17, 15) is 8.42 Å². The predicted molar refractivity (Wildman–Crippen MR) is 72.7 cm³/mol. The summed E-state index contributed by atoms with van der Waals surface area (Å²) < 4.78 is 26.4. The molecule has 5 heteroatoms. The summed E-state index contributed by atoms with van der Waals surface area (Å²) in [6.07, 6.45) is 0.724. The molecule has 1 aromatic carbocycles. The molecule has 0 radical (unpaired) electrons. The van der Waals surface area contributed by atoms with Gasteiger partial charge < -0.3 is 0 Å². The number of nitrogens with zero attached hydrogens (tertiary/aromatic N) is 1. The van der Waals surface area contributed by atoms with Crippen LogP contribution in [0, 0.1) is 0 Å². The first-order chi connectivity index (χ1) is 8.62. The van der Waals surface area contributed by atoms with Crippen molar-refractivity contribution >= 4 is 10.0 Å². The third-order valence-corrected chi connectivity index (χ3v) is 5.22. The first-order valence-corrected chi connectivity index (χ1v) is 7.91. The SMILES string of the molecule is CCNS(=O)(=O)C1CCN(Cc2ccccc2)C1. The first-order valence-electron chi connectivity index (χ1n) is 6.36. The standard InChI is InChI=1S/C13H20N2O2S/c1-2-14-18(16,17)13-8-9-15(11-13)10-12-6-4-3-5-7-12/h3-7,13-14H,2,8-11H2,1H3. The zero-order valence-electron chi connectivity index (χ0n) is 10.7. The van der Waals surface area contributed by atoms with Crippen LogP contribution in [-0.4, -0.2) is 38.2 Å². The number of likely N-dealkylation sites (tertiary alicyclic amines) is 1. The van der Waals surface area contributed by atoms with Gasteiger partial charge in [0.2, 0.25) is 10.0 Å². The lowest BCUT2D eigenvalue weighted by Crippen LogP contribution is -2.36. The number of hydrogen-bond donors (Lipinski definition) is 1. The van der Waals surface area contributed by atoms with Crippen LogP contribution in [0.1, 0.15) is 18.9 Å². The van der Waals surface area contributed by atoms with Gasteiger partial charge in [-0.1, -0.05) is 37.3 Å². The summed E-state index contributed by atoms with van der Waals surface area (Å²) in [6, 6.07) is 10.2. The Kier molecular flexibility index (Phi) is 4.37. The van der Waals surface area contributed by atoms with E-state index in [1.165, 1.54) is 5.56 Å². The molecular formula is C13H20N2O2S. The lowest BCUT2D eigenvalue weighted by molar-refractivity contribution is 0.331. The average molecular weight is 268 g/mol. The van der Waals surface area contributed by atoms with E-state index < -0.39 is 10.0 Å². The molecule has 0 bridgehead atoms. The van der Waals surface area contributed by atoms with Crippen molar-refractivity contribution in [3.8, 4) is 0 Å². The van der Waals surface area contributed by atoms with Crippen LogP contribution >= 0.6 is 0 Å². The first kappa shape index (κ1) is 13.5. The Labute approximate surface area is 109 Å². The molecule has 0 aliphatic carbocycles. The van der Waals surface area contributed by atoms with Gasteiger partial charge in [-0.3, -0.25) is 4.90 Å². The minimum Gasteiger partial charge on any atom is -0.298 e. The van der Waals surface area contributed by atoms with Gasteiger partial charge in [0.15, 0.2) is 0 Å². The molecule has 1 aromatic rings. The van der Waals surface area contributed by atoms with Crippen LogP contribution in [0.15, 0.2) is 30.3 Å². The van der Waals surface area contributed by atoms with Gasteiger partial charge in [0, 0.05) is 19.6 Å². The second kappa shape index (κ2) is 5.82. The van der Waals surface area contributed by atoms with Crippen LogP contribution in [0.5, 0.6) is 0 Å². The molecule has 1 saturated heterocycles. The molecule has 1 atom stereocenters. The van der Waals surface area contributed by atoms with E-state index in [0.717, 1.165) is 19.5 Å². The third kappa shape index (κ3) is 3.31. The molecule has 0 saturated carbocycles. The summed E-state index contributed by atoms with van der Waals surface area (Å²) in [5.74, 6) is 0. The van der Waals surface area contributed by atoms with Crippen LogP contribution in [0.2, 0.25) is 0 Å². The smallest absolute Gasteiger partial charge is 0.215 e. The van der Waals surface area contributed by atoms with Gasteiger partial charge in [0.25, 0.3) is 0 Å². The Morgan fingerprint density at radius 1 is 1.33 bits per heavy atom. The minimum atomic E-state index is -3.13. The quantitative estimate of drug-likeness (QED) is 0.873. The Hall–Kier alpha value is -0.910. The van der Waals surface area contributed by atoms with Crippen LogP contribution in [-0.2, 0) is 16.6 Å². The second-order valence-electron chi connectivity index (χ2n) is 4.67. The molecule has 18 heavy (non-hydrogen) atoms. The van der Waals surface area contributed by atoms with Crippen LogP contribution in [0.25, 0.3) is 0 Å². The highest BCUT2D eigenvalue weighted by atomic mass is 32.2. The normalized spacial score (nSPS) is 21.3. The van der Waals surface area contributed by atoms with Gasteiger partial charge in [-0.05, 0) is 18.5 Å². The van der Waals surface area contributed by atoms with E-state index in [1.807, 2.05) is 25.1 Å². The monoisotopic (exact) mass is 268 g/mol. The average Bonchev–Trinajstić information content (AvgIpc) is 2.79. The fourth-order valence-electron chi connectivity index (χ4n) is 2.35. The van der Waals surface area contributed by atoms with Gasteiger partial charge in [-0.2, -0.15) is 0 Å². The highest BCUT2D eigenvalue weighted by Crippen LogP contribution is 2.18. The van der Waals surface area contributed by atoms with E-state index in [-0.39, 0.29) is 5.25 Å². The molecule has 1 unspecified atom stereocenters. The van der Waals surface area contributed by atoms with Crippen LogP contribution in [0.4, 0.5) is 0 Å². The van der Waals surface area contributed by atoms with Crippen molar-refractivity contribution in [1.82, 2.24) is 9.62 Å². The molecular weight excluding hydrogens is 248 g/mol. The summed E-state index contributed by atoms with van der Waals surface area (Å²) in [4.78, 5) is 2.20. The summed E-state index contributed by atoms with van der Waals surface area (Å²) in [5.41, 5.74) is 1.24. The third-order valence-electron chi connectivity index (χ3n) is 3.26. The number of nitrogens with one attached hydrogen (secondary N) is 1. The maximum atomic E-state index is 11.9. The number of rotatable bonds is 5. The molecule has 1 aliphatic rings. The molecule has 4 nitrogen and oxygen atoms in total. The zero-order chi connectivity index (χ0) is 13.0. The Morgan fingerprint density at radius 3 is 2.72 bits per heavy atom. The molecule has 1 heterocycles. The van der Waals surface area contributed by atoms with Gasteiger partial charge >= 0.3 is 0 Å². The van der Waals surface area contributed by atoms with Gasteiger partial charge in [-0.15, -0.1) is 0 Å². The summed E-state index contributed by atoms with van der Waals surface area (Å²) in [7, 11) is -3.13. The van der Waals surface area contributed by atoms with Gasteiger partial charge in [0.05, 0.1) is 5.25 Å².